The third-order valence-corrected chi connectivity index (χ3v) is 1.74. The van der Waals surface area contributed by atoms with Crippen LogP contribution in [-0.4, -0.2) is 6.61 Å². The van der Waals surface area contributed by atoms with E-state index in [4.69, 9.17) is 11.3 Å². The lowest BCUT2D eigenvalue weighted by Gasteiger charge is -1.96. The summed E-state index contributed by atoms with van der Waals surface area (Å²) in [6.45, 7) is 7.65. The van der Waals surface area contributed by atoms with Crippen molar-refractivity contribution in [1.29, 1.82) is 0 Å². The Bertz CT molecular complexity index is 310. The Labute approximate surface area is 65.2 Å². The van der Waals surface area contributed by atoms with Crippen molar-refractivity contribution in [3.05, 3.63) is 41.2 Å². The molecule has 2 heteroatoms. The van der Waals surface area contributed by atoms with Crippen molar-refractivity contribution < 1.29 is 4.74 Å². The van der Waals surface area contributed by atoms with Gasteiger partial charge < -0.3 is 4.74 Å². The highest BCUT2D eigenvalue weighted by Gasteiger charge is 2.26. The second-order valence-corrected chi connectivity index (χ2v) is 2.49. The van der Waals surface area contributed by atoms with E-state index in [0.29, 0.717) is 0 Å². The third-order valence-electron chi connectivity index (χ3n) is 1.74. The summed E-state index contributed by atoms with van der Waals surface area (Å²) in [5.74, 6) is 0. The lowest BCUT2D eigenvalue weighted by atomic mass is 10.1. The highest BCUT2D eigenvalue weighted by atomic mass is 16.6. The molecule has 1 aliphatic heterocycles. The normalized spacial score (nSPS) is 20.8. The van der Waals surface area contributed by atoms with Crippen LogP contribution in [0.5, 0.6) is 0 Å². The van der Waals surface area contributed by atoms with E-state index in [1.54, 1.807) is 0 Å². The first kappa shape index (κ1) is 6.38. The van der Waals surface area contributed by atoms with E-state index in [-0.39, 0.29) is 6.10 Å². The van der Waals surface area contributed by atoms with Crippen molar-refractivity contribution in [3.8, 4) is 0 Å². The summed E-state index contributed by atoms with van der Waals surface area (Å²) in [6, 6.07) is 7.58. The van der Waals surface area contributed by atoms with Crippen LogP contribution in [0.2, 0.25) is 0 Å². The molecule has 54 valence electrons. The average molecular weight is 145 g/mol. The van der Waals surface area contributed by atoms with Crippen molar-refractivity contribution in [1.82, 2.24) is 0 Å². The molecular weight excluding hydrogens is 138 g/mol. The van der Waals surface area contributed by atoms with Gasteiger partial charge in [-0.3, -0.25) is 0 Å². The molecule has 2 rings (SSSR count). The van der Waals surface area contributed by atoms with E-state index in [9.17, 15) is 0 Å². The number of epoxide rings is 1. The number of nitrogens with zero attached hydrogens (tertiary/aromatic N) is 1. The van der Waals surface area contributed by atoms with Crippen LogP contribution in [0, 0.1) is 6.57 Å². The van der Waals surface area contributed by atoms with Gasteiger partial charge in [-0.05, 0) is 5.56 Å². The van der Waals surface area contributed by atoms with E-state index in [0.717, 1.165) is 17.9 Å². The van der Waals surface area contributed by atoms with Crippen LogP contribution in [0.25, 0.3) is 4.85 Å². The molecule has 1 atom stereocenters. The molecule has 0 N–H and O–H groups in total. The molecule has 0 bridgehead atoms. The highest BCUT2D eigenvalue weighted by Crippen LogP contribution is 2.35. The molecule has 2 nitrogen and oxygen atoms in total. The first-order valence-electron chi connectivity index (χ1n) is 3.50. The first-order chi connectivity index (χ1) is 5.42. The van der Waals surface area contributed by atoms with Crippen LogP contribution < -0.4 is 0 Å². The van der Waals surface area contributed by atoms with E-state index in [2.05, 4.69) is 4.85 Å². The molecule has 0 amide bonds. The van der Waals surface area contributed by atoms with Crippen LogP contribution in [0.1, 0.15) is 11.7 Å². The summed E-state index contributed by atoms with van der Waals surface area (Å²) in [5.41, 5.74) is 1.75. The minimum atomic E-state index is 0.195. The third kappa shape index (κ3) is 1.11. The summed E-state index contributed by atoms with van der Waals surface area (Å²) in [4.78, 5) is 3.40. The minimum absolute atomic E-state index is 0.195. The van der Waals surface area contributed by atoms with Crippen molar-refractivity contribution >= 4 is 5.69 Å². The van der Waals surface area contributed by atoms with Crippen LogP contribution in [0.4, 0.5) is 5.69 Å². The molecular formula is C9H7NO. The number of hydrogen-bond acceptors (Lipinski definition) is 1. The van der Waals surface area contributed by atoms with Crippen molar-refractivity contribution in [3.63, 3.8) is 0 Å². The van der Waals surface area contributed by atoms with Gasteiger partial charge in [0.25, 0.3) is 0 Å². The Balaban J connectivity index is 2.44. The molecule has 1 unspecified atom stereocenters. The van der Waals surface area contributed by atoms with Crippen LogP contribution in [0.15, 0.2) is 24.3 Å². The zero-order chi connectivity index (χ0) is 7.68. The molecule has 0 saturated carbocycles. The Hall–Kier alpha value is -1.33. The van der Waals surface area contributed by atoms with Crippen LogP contribution in [0.3, 0.4) is 0 Å². The summed E-state index contributed by atoms with van der Waals surface area (Å²) in [6.07, 6.45) is 0.195. The molecule has 1 heterocycles. The van der Waals surface area contributed by atoms with Gasteiger partial charge in [-0.1, -0.05) is 24.3 Å². The van der Waals surface area contributed by atoms with Crippen molar-refractivity contribution in [2.24, 2.45) is 0 Å². The summed E-state index contributed by atoms with van der Waals surface area (Å²) >= 11 is 0. The SMILES string of the molecule is [C-]#[N+]c1ccccc1C1CO1. The van der Waals surface area contributed by atoms with Crippen LogP contribution >= 0.6 is 0 Å². The highest BCUT2D eigenvalue weighted by molar-refractivity contribution is 5.53. The topological polar surface area (TPSA) is 16.9 Å². The lowest BCUT2D eigenvalue weighted by molar-refractivity contribution is 0.416. The monoisotopic (exact) mass is 145 g/mol. The maximum atomic E-state index is 6.88. The Morgan fingerprint density at radius 1 is 1.45 bits per heavy atom. The summed E-state index contributed by atoms with van der Waals surface area (Å²) in [7, 11) is 0. The van der Waals surface area contributed by atoms with E-state index < -0.39 is 0 Å². The number of benzene rings is 1. The van der Waals surface area contributed by atoms with Gasteiger partial charge in [-0.15, -0.1) is 0 Å². The predicted octanol–water partition coefficient (Wildman–Crippen LogP) is 2.31. The maximum absolute atomic E-state index is 6.88. The quantitative estimate of drug-likeness (QED) is 0.437. The van der Waals surface area contributed by atoms with Gasteiger partial charge in [0.1, 0.15) is 0 Å². The molecule has 0 spiro atoms. The molecule has 1 fully saturated rings. The minimum Gasteiger partial charge on any atom is -0.369 e. The Kier molecular flexibility index (Phi) is 1.38. The second-order valence-electron chi connectivity index (χ2n) is 2.49. The zero-order valence-electron chi connectivity index (χ0n) is 5.95. The first-order valence-corrected chi connectivity index (χ1v) is 3.50. The molecule has 1 aromatic carbocycles. The fourth-order valence-electron chi connectivity index (χ4n) is 1.09. The molecule has 0 aromatic heterocycles. The van der Waals surface area contributed by atoms with E-state index in [1.807, 2.05) is 24.3 Å². The molecule has 0 radical (unpaired) electrons. The number of rotatable bonds is 1. The second kappa shape index (κ2) is 2.37. The summed E-state index contributed by atoms with van der Waals surface area (Å²) < 4.78 is 5.09. The molecule has 1 aliphatic rings. The van der Waals surface area contributed by atoms with E-state index in [1.165, 1.54) is 0 Å². The number of ether oxygens (including phenoxy) is 1. The maximum Gasteiger partial charge on any atom is 0.193 e. The van der Waals surface area contributed by atoms with E-state index >= 15 is 0 Å². The fourth-order valence-corrected chi connectivity index (χ4v) is 1.09. The average Bonchev–Trinajstić information content (AvgIpc) is 2.87. The van der Waals surface area contributed by atoms with Crippen molar-refractivity contribution in [2.75, 3.05) is 6.61 Å². The number of hydrogen-bond donors (Lipinski definition) is 0. The molecule has 11 heavy (non-hydrogen) atoms. The lowest BCUT2D eigenvalue weighted by Crippen LogP contribution is -1.78. The Morgan fingerprint density at radius 2 is 2.18 bits per heavy atom. The smallest absolute Gasteiger partial charge is 0.193 e. The zero-order valence-corrected chi connectivity index (χ0v) is 5.95. The predicted molar refractivity (Wildman–Crippen MR) is 41.4 cm³/mol. The molecule has 1 aromatic rings. The molecule has 0 aliphatic carbocycles. The largest absolute Gasteiger partial charge is 0.369 e. The van der Waals surface area contributed by atoms with Gasteiger partial charge in [0.05, 0.1) is 19.3 Å². The molecule has 1 saturated heterocycles. The summed E-state index contributed by atoms with van der Waals surface area (Å²) in [5, 5.41) is 0. The van der Waals surface area contributed by atoms with Gasteiger partial charge in [0.15, 0.2) is 5.69 Å². The fraction of sp³-hybridized carbons (Fsp3) is 0.222. The van der Waals surface area contributed by atoms with Gasteiger partial charge in [-0.2, -0.15) is 0 Å². The standard InChI is InChI=1S/C9H7NO/c1-10-8-5-3-2-4-7(8)9-6-11-9/h2-5,9H,6H2. The number of para-hydroxylation sites is 1. The van der Waals surface area contributed by atoms with Gasteiger partial charge in [0, 0.05) is 0 Å². The Morgan fingerprint density at radius 3 is 2.82 bits per heavy atom. The van der Waals surface area contributed by atoms with Crippen LogP contribution in [-0.2, 0) is 4.74 Å². The van der Waals surface area contributed by atoms with Gasteiger partial charge >= 0.3 is 0 Å². The van der Waals surface area contributed by atoms with Crippen molar-refractivity contribution in [2.45, 2.75) is 6.10 Å². The van der Waals surface area contributed by atoms with Gasteiger partial charge in [0.2, 0.25) is 0 Å². The van der Waals surface area contributed by atoms with Gasteiger partial charge in [-0.25, -0.2) is 4.85 Å².